The number of nitrogens with one attached hydrogen (secondary N) is 1. The molecule has 0 bridgehead atoms. The number of hydrogen-bond acceptors (Lipinski definition) is 5. The number of nitrogens with zero attached hydrogens (tertiary/aromatic N) is 1. The van der Waals surface area contributed by atoms with Gasteiger partial charge in [-0.15, -0.1) is 0 Å². The minimum Gasteiger partial charge on any atom is -0.399 e. The summed E-state index contributed by atoms with van der Waals surface area (Å²) in [5.41, 5.74) is 0.00174. The number of aliphatic imine (C=N–C) groups is 1. The molecule has 2 aliphatic heterocycles. The van der Waals surface area contributed by atoms with E-state index in [1.807, 2.05) is 52.8 Å². The lowest BCUT2D eigenvalue weighted by Crippen LogP contribution is -2.41. The molecule has 0 spiro atoms. The summed E-state index contributed by atoms with van der Waals surface area (Å²) in [7, 11) is -0.581. The van der Waals surface area contributed by atoms with Crippen molar-refractivity contribution in [3.8, 4) is 0 Å². The summed E-state index contributed by atoms with van der Waals surface area (Å²) in [6.45, 7) is 9.85. The zero-order valence-electron chi connectivity index (χ0n) is 19.1. The predicted molar refractivity (Wildman–Crippen MR) is 128 cm³/mol. The van der Waals surface area contributed by atoms with Gasteiger partial charge in [-0.05, 0) is 64.7 Å². The molecule has 8 heteroatoms. The molecular formula is C24H28BFN2O3S. The standard InChI is InChI=1S/C24H28BFN2O3S/c1-22(2)23(3,4)31-25(30-22)17-11-12-19(26)18(15-17)24(5)13-14-32-21(28-24)27-20(29)16-9-7-6-8-10-16/h6-12,15H,13-14H2,1-5H3,(H,27,28,29). The highest BCUT2D eigenvalue weighted by atomic mass is 32.2. The monoisotopic (exact) mass is 454 g/mol. The van der Waals surface area contributed by atoms with E-state index in [1.165, 1.54) is 17.8 Å². The van der Waals surface area contributed by atoms with Crippen LogP contribution in [0.3, 0.4) is 0 Å². The van der Waals surface area contributed by atoms with E-state index in [2.05, 4.69) is 5.32 Å². The molecule has 2 heterocycles. The van der Waals surface area contributed by atoms with Gasteiger partial charge < -0.3 is 14.6 Å². The van der Waals surface area contributed by atoms with E-state index < -0.39 is 23.9 Å². The molecule has 0 aromatic heterocycles. The number of halogens is 1. The van der Waals surface area contributed by atoms with Gasteiger partial charge in [0.1, 0.15) is 5.82 Å². The van der Waals surface area contributed by atoms with Crippen LogP contribution in [0.2, 0.25) is 0 Å². The molecule has 0 radical (unpaired) electrons. The van der Waals surface area contributed by atoms with Gasteiger partial charge in [0, 0.05) is 16.9 Å². The van der Waals surface area contributed by atoms with Gasteiger partial charge in [0.25, 0.3) is 5.91 Å². The average molecular weight is 454 g/mol. The van der Waals surface area contributed by atoms with E-state index in [0.29, 0.717) is 28.5 Å². The Kier molecular flexibility index (Phi) is 5.99. The third-order valence-electron chi connectivity index (χ3n) is 6.53. The number of carbonyl (C=O) groups is 1. The van der Waals surface area contributed by atoms with Crippen LogP contribution in [-0.2, 0) is 14.8 Å². The Labute approximate surface area is 193 Å². The summed E-state index contributed by atoms with van der Waals surface area (Å²) in [6, 6.07) is 13.9. The Morgan fingerprint density at radius 1 is 1.06 bits per heavy atom. The maximum absolute atomic E-state index is 15.0. The Morgan fingerprint density at radius 3 is 2.38 bits per heavy atom. The molecule has 1 fully saturated rings. The van der Waals surface area contributed by atoms with Crippen LogP contribution in [-0.4, -0.2) is 35.1 Å². The first-order valence-electron chi connectivity index (χ1n) is 10.8. The minimum absolute atomic E-state index is 0.229. The van der Waals surface area contributed by atoms with Crippen molar-refractivity contribution >= 4 is 35.4 Å². The summed E-state index contributed by atoms with van der Waals surface area (Å²) >= 11 is 1.46. The summed E-state index contributed by atoms with van der Waals surface area (Å²) in [5.74, 6) is 0.148. The second-order valence-electron chi connectivity index (χ2n) is 9.44. The van der Waals surface area contributed by atoms with E-state index in [9.17, 15) is 9.18 Å². The van der Waals surface area contributed by atoms with Crippen LogP contribution >= 0.6 is 11.8 Å². The van der Waals surface area contributed by atoms with Crippen molar-refractivity contribution in [1.82, 2.24) is 5.32 Å². The summed E-state index contributed by atoms with van der Waals surface area (Å²) in [5, 5.41) is 3.37. The number of thioether (sulfide) groups is 1. The normalized spacial score (nSPS) is 24.2. The van der Waals surface area contributed by atoms with Crippen molar-refractivity contribution in [3.05, 3.63) is 65.5 Å². The fourth-order valence-corrected chi connectivity index (χ4v) is 4.88. The SMILES string of the molecule is CC1(c2cc(B3OC(C)(C)C(C)(C)O3)ccc2F)CCSC(NC(=O)c2ccccc2)=N1. The number of amidine groups is 1. The Bertz CT molecular complexity index is 1040. The summed E-state index contributed by atoms with van der Waals surface area (Å²) in [6.07, 6.45) is 0.645. The first kappa shape index (κ1) is 23.0. The van der Waals surface area contributed by atoms with Gasteiger partial charge in [0.2, 0.25) is 0 Å². The van der Waals surface area contributed by atoms with Crippen molar-refractivity contribution in [2.24, 2.45) is 4.99 Å². The van der Waals surface area contributed by atoms with Crippen molar-refractivity contribution in [2.45, 2.75) is 57.8 Å². The van der Waals surface area contributed by atoms with Crippen LogP contribution in [0.5, 0.6) is 0 Å². The number of amides is 1. The number of rotatable bonds is 3. The van der Waals surface area contributed by atoms with Gasteiger partial charge in [-0.2, -0.15) is 0 Å². The van der Waals surface area contributed by atoms with Gasteiger partial charge >= 0.3 is 7.12 Å². The molecule has 1 unspecified atom stereocenters. The highest BCUT2D eigenvalue weighted by molar-refractivity contribution is 8.13. The van der Waals surface area contributed by atoms with Crippen LogP contribution in [0, 0.1) is 5.82 Å². The number of benzene rings is 2. The van der Waals surface area contributed by atoms with Gasteiger partial charge in [-0.3, -0.25) is 9.79 Å². The van der Waals surface area contributed by atoms with Crippen LogP contribution in [0.4, 0.5) is 4.39 Å². The highest BCUT2D eigenvalue weighted by Crippen LogP contribution is 2.39. The van der Waals surface area contributed by atoms with E-state index in [0.717, 1.165) is 5.46 Å². The van der Waals surface area contributed by atoms with E-state index in [4.69, 9.17) is 14.3 Å². The maximum Gasteiger partial charge on any atom is 0.494 e. The largest absolute Gasteiger partial charge is 0.494 e. The molecule has 1 amide bonds. The number of carbonyl (C=O) groups excluding carboxylic acids is 1. The molecule has 0 saturated carbocycles. The molecule has 2 aliphatic rings. The molecule has 1 saturated heterocycles. The lowest BCUT2D eigenvalue weighted by molar-refractivity contribution is 0.00578. The molecule has 5 nitrogen and oxygen atoms in total. The van der Waals surface area contributed by atoms with Crippen LogP contribution < -0.4 is 10.8 Å². The van der Waals surface area contributed by atoms with Crippen molar-refractivity contribution < 1.29 is 18.5 Å². The second-order valence-corrected chi connectivity index (χ2v) is 10.5. The van der Waals surface area contributed by atoms with E-state index in [1.54, 1.807) is 24.3 Å². The molecular weight excluding hydrogens is 426 g/mol. The topological polar surface area (TPSA) is 59.9 Å². The van der Waals surface area contributed by atoms with Gasteiger partial charge in [-0.1, -0.05) is 42.1 Å². The molecule has 168 valence electrons. The zero-order valence-corrected chi connectivity index (χ0v) is 19.9. The van der Waals surface area contributed by atoms with Crippen molar-refractivity contribution in [2.75, 3.05) is 5.75 Å². The molecule has 2 aromatic carbocycles. The fraction of sp³-hybridized carbons (Fsp3) is 0.417. The van der Waals surface area contributed by atoms with E-state index >= 15 is 0 Å². The van der Waals surface area contributed by atoms with Crippen LogP contribution in [0.1, 0.15) is 57.0 Å². The molecule has 1 atom stereocenters. The fourth-order valence-electron chi connectivity index (χ4n) is 3.76. The average Bonchev–Trinajstić information content (AvgIpc) is 2.96. The number of hydrogen-bond donors (Lipinski definition) is 1. The van der Waals surface area contributed by atoms with Crippen LogP contribution in [0.15, 0.2) is 53.5 Å². The Morgan fingerprint density at radius 2 is 1.72 bits per heavy atom. The van der Waals surface area contributed by atoms with Gasteiger partial charge in [-0.25, -0.2) is 4.39 Å². The van der Waals surface area contributed by atoms with Gasteiger partial charge in [0.15, 0.2) is 5.17 Å². The van der Waals surface area contributed by atoms with Gasteiger partial charge in [0.05, 0.1) is 16.7 Å². The predicted octanol–water partition coefficient (Wildman–Crippen LogP) is 4.26. The lowest BCUT2D eigenvalue weighted by Gasteiger charge is -2.32. The lowest BCUT2D eigenvalue weighted by atomic mass is 9.76. The summed E-state index contributed by atoms with van der Waals surface area (Å²) < 4.78 is 27.3. The van der Waals surface area contributed by atoms with Crippen molar-refractivity contribution in [1.29, 1.82) is 0 Å². The molecule has 4 rings (SSSR count). The third-order valence-corrected chi connectivity index (χ3v) is 7.40. The third kappa shape index (κ3) is 4.36. The zero-order chi connectivity index (χ0) is 23.1. The minimum atomic E-state index is -0.811. The smallest absolute Gasteiger partial charge is 0.399 e. The first-order valence-corrected chi connectivity index (χ1v) is 11.7. The summed E-state index contributed by atoms with van der Waals surface area (Å²) in [4.78, 5) is 17.3. The molecule has 2 aromatic rings. The second kappa shape index (κ2) is 8.32. The first-order chi connectivity index (χ1) is 15.0. The quantitative estimate of drug-likeness (QED) is 0.705. The molecule has 0 aliphatic carbocycles. The van der Waals surface area contributed by atoms with Crippen LogP contribution in [0.25, 0.3) is 0 Å². The molecule has 1 N–H and O–H groups in total. The Hall–Kier alpha value is -2.16. The highest BCUT2D eigenvalue weighted by Gasteiger charge is 2.52. The van der Waals surface area contributed by atoms with E-state index in [-0.39, 0.29) is 11.7 Å². The Balaban J connectivity index is 1.61. The maximum atomic E-state index is 15.0. The molecule has 32 heavy (non-hydrogen) atoms. The van der Waals surface area contributed by atoms with Crippen molar-refractivity contribution in [3.63, 3.8) is 0 Å².